The highest BCUT2D eigenvalue weighted by atomic mass is 16.5. The topological polar surface area (TPSA) is 46.1 Å². The first-order valence-corrected chi connectivity index (χ1v) is 4.47. The summed E-state index contributed by atoms with van der Waals surface area (Å²) in [7, 11) is 1.65. The summed E-state index contributed by atoms with van der Waals surface area (Å²) in [5.74, 6) is 1.61. The van der Waals surface area contributed by atoms with Gasteiger partial charge in [0.05, 0.1) is 7.11 Å². The van der Waals surface area contributed by atoms with Crippen molar-refractivity contribution in [2.24, 2.45) is 0 Å². The molecule has 76 valence electrons. The molecule has 0 spiro atoms. The average molecular weight is 186 g/mol. The van der Waals surface area contributed by atoms with Gasteiger partial charge >= 0.3 is 0 Å². The van der Waals surface area contributed by atoms with Crippen LogP contribution in [0.4, 0.5) is 0 Å². The lowest BCUT2D eigenvalue weighted by Gasteiger charge is -2.12. The van der Waals surface area contributed by atoms with Crippen LogP contribution in [0.5, 0.6) is 0 Å². The Labute approximate surface area is 80.2 Å². The van der Waals surface area contributed by atoms with Crippen molar-refractivity contribution in [3.8, 4) is 0 Å². The van der Waals surface area contributed by atoms with Gasteiger partial charge < -0.3 is 15.2 Å². The van der Waals surface area contributed by atoms with E-state index in [-0.39, 0.29) is 0 Å². The Kier molecular flexibility index (Phi) is 6.06. The van der Waals surface area contributed by atoms with Crippen LogP contribution in [0.25, 0.3) is 0 Å². The molecule has 13 heavy (non-hydrogen) atoms. The third kappa shape index (κ3) is 3.99. The molecule has 0 saturated heterocycles. The molecule has 0 aliphatic heterocycles. The van der Waals surface area contributed by atoms with Gasteiger partial charge in [0.15, 0.2) is 11.5 Å². The quantitative estimate of drug-likeness (QED) is 0.516. The van der Waals surface area contributed by atoms with Crippen molar-refractivity contribution in [1.29, 1.82) is 0 Å². The van der Waals surface area contributed by atoms with Crippen LogP contribution in [-0.4, -0.2) is 20.3 Å². The van der Waals surface area contributed by atoms with Crippen LogP contribution in [0.15, 0.2) is 23.2 Å². The summed E-state index contributed by atoms with van der Waals surface area (Å²) >= 11 is 0. The molecule has 0 heterocycles. The molecule has 0 aliphatic carbocycles. The van der Waals surface area contributed by atoms with E-state index in [1.54, 1.807) is 7.11 Å². The van der Waals surface area contributed by atoms with Gasteiger partial charge in [-0.2, -0.15) is 0 Å². The number of hydrogen-bond donors (Lipinski definition) is 1. The van der Waals surface area contributed by atoms with Gasteiger partial charge in [-0.3, -0.25) is 0 Å². The standard InChI is InChI=1S/C10H19NO2/c1-5-9(13-7-6-11)10(12-4)8(2)3/h5H,6-7,11H2,1-4H3/p+1. The minimum Gasteiger partial charge on any atom is -0.493 e. The predicted molar refractivity (Wildman–Crippen MR) is 52.8 cm³/mol. The molecule has 0 atom stereocenters. The van der Waals surface area contributed by atoms with Crippen LogP contribution in [0.2, 0.25) is 0 Å². The zero-order chi connectivity index (χ0) is 10.3. The van der Waals surface area contributed by atoms with E-state index in [9.17, 15) is 0 Å². The van der Waals surface area contributed by atoms with Crippen molar-refractivity contribution in [1.82, 2.24) is 0 Å². The van der Waals surface area contributed by atoms with Gasteiger partial charge in [0.2, 0.25) is 0 Å². The molecule has 0 saturated carbocycles. The van der Waals surface area contributed by atoms with Crippen molar-refractivity contribution < 1.29 is 15.2 Å². The molecule has 3 heteroatoms. The summed E-state index contributed by atoms with van der Waals surface area (Å²) in [6.45, 7) is 7.31. The Bertz CT molecular complexity index is 203. The van der Waals surface area contributed by atoms with E-state index < -0.39 is 0 Å². The average Bonchev–Trinajstić information content (AvgIpc) is 2.11. The lowest BCUT2D eigenvalue weighted by atomic mass is 10.2. The second kappa shape index (κ2) is 6.54. The van der Waals surface area contributed by atoms with Gasteiger partial charge in [-0.25, -0.2) is 0 Å². The van der Waals surface area contributed by atoms with Gasteiger partial charge in [-0.1, -0.05) is 0 Å². The Morgan fingerprint density at radius 3 is 2.31 bits per heavy atom. The van der Waals surface area contributed by atoms with E-state index in [4.69, 9.17) is 9.47 Å². The Morgan fingerprint density at radius 2 is 2.00 bits per heavy atom. The number of rotatable bonds is 5. The van der Waals surface area contributed by atoms with Gasteiger partial charge in [-0.15, -0.1) is 0 Å². The van der Waals surface area contributed by atoms with Gasteiger partial charge in [0.1, 0.15) is 13.2 Å². The zero-order valence-electron chi connectivity index (χ0n) is 9.02. The van der Waals surface area contributed by atoms with Crippen LogP contribution < -0.4 is 5.73 Å². The van der Waals surface area contributed by atoms with Crippen LogP contribution in [0, 0.1) is 0 Å². The molecular weight excluding hydrogens is 166 g/mol. The fraction of sp³-hybridized carbons (Fsp3) is 0.600. The van der Waals surface area contributed by atoms with Crippen LogP contribution >= 0.6 is 0 Å². The largest absolute Gasteiger partial charge is 0.493 e. The third-order valence-electron chi connectivity index (χ3n) is 1.55. The molecule has 0 amide bonds. The summed E-state index contributed by atoms with van der Waals surface area (Å²) in [5, 5.41) is 0. The Balaban J connectivity index is 4.48. The number of hydrogen-bond acceptors (Lipinski definition) is 2. The summed E-state index contributed by atoms with van der Waals surface area (Å²) in [5.41, 5.74) is 4.82. The first-order valence-electron chi connectivity index (χ1n) is 4.47. The van der Waals surface area contributed by atoms with Crippen LogP contribution in [-0.2, 0) is 9.47 Å². The van der Waals surface area contributed by atoms with E-state index in [2.05, 4.69) is 5.73 Å². The number of ether oxygens (including phenoxy) is 2. The summed E-state index contributed by atoms with van der Waals surface area (Å²) in [6, 6.07) is 0. The number of methoxy groups -OCH3 is 1. The highest BCUT2D eigenvalue weighted by Gasteiger charge is 2.07. The molecular formula is C10H20NO2+. The van der Waals surface area contributed by atoms with E-state index in [1.165, 1.54) is 0 Å². The molecule has 0 aliphatic rings. The van der Waals surface area contributed by atoms with Gasteiger partial charge in [0.25, 0.3) is 0 Å². The maximum Gasteiger partial charge on any atom is 0.159 e. The number of quaternary nitrogens is 1. The molecule has 0 aromatic heterocycles. The number of allylic oxidation sites excluding steroid dienone is 2. The van der Waals surface area contributed by atoms with Gasteiger partial charge in [0, 0.05) is 0 Å². The lowest BCUT2D eigenvalue weighted by molar-refractivity contribution is -0.372. The molecule has 0 fully saturated rings. The minimum atomic E-state index is 0.625. The van der Waals surface area contributed by atoms with Gasteiger partial charge in [-0.05, 0) is 32.4 Å². The first-order chi connectivity index (χ1) is 6.17. The van der Waals surface area contributed by atoms with E-state index in [0.717, 1.165) is 23.6 Å². The zero-order valence-corrected chi connectivity index (χ0v) is 9.02. The van der Waals surface area contributed by atoms with Crippen LogP contribution in [0.1, 0.15) is 20.8 Å². The minimum absolute atomic E-state index is 0.625. The van der Waals surface area contributed by atoms with E-state index in [0.29, 0.717) is 6.61 Å². The lowest BCUT2D eigenvalue weighted by Crippen LogP contribution is -2.52. The molecule has 0 rings (SSSR count). The molecule has 0 radical (unpaired) electrons. The predicted octanol–water partition coefficient (Wildman–Crippen LogP) is 1.09. The molecule has 3 N–H and O–H groups in total. The summed E-state index contributed by atoms with van der Waals surface area (Å²) < 4.78 is 10.7. The van der Waals surface area contributed by atoms with E-state index in [1.807, 2.05) is 26.8 Å². The molecule has 0 aromatic rings. The Hall–Kier alpha value is -0.960. The highest BCUT2D eigenvalue weighted by molar-refractivity contribution is 5.23. The van der Waals surface area contributed by atoms with Crippen molar-refractivity contribution in [2.45, 2.75) is 20.8 Å². The highest BCUT2D eigenvalue weighted by Crippen LogP contribution is 2.16. The molecule has 0 aromatic carbocycles. The third-order valence-corrected chi connectivity index (χ3v) is 1.55. The van der Waals surface area contributed by atoms with Crippen molar-refractivity contribution in [2.75, 3.05) is 20.3 Å². The van der Waals surface area contributed by atoms with Crippen LogP contribution in [0.3, 0.4) is 0 Å². The molecule has 0 bridgehead atoms. The normalized spacial score (nSPS) is 11.0. The van der Waals surface area contributed by atoms with Crippen molar-refractivity contribution in [3.63, 3.8) is 0 Å². The Morgan fingerprint density at radius 1 is 1.38 bits per heavy atom. The van der Waals surface area contributed by atoms with Crippen molar-refractivity contribution >= 4 is 0 Å². The second-order valence-corrected chi connectivity index (χ2v) is 2.89. The first kappa shape index (κ1) is 12.0. The monoisotopic (exact) mass is 186 g/mol. The maximum atomic E-state index is 5.47. The maximum absolute atomic E-state index is 5.47. The molecule has 0 unspecified atom stereocenters. The van der Waals surface area contributed by atoms with E-state index >= 15 is 0 Å². The molecule has 3 nitrogen and oxygen atoms in total. The fourth-order valence-electron chi connectivity index (χ4n) is 1.01. The smallest absolute Gasteiger partial charge is 0.159 e. The fourth-order valence-corrected chi connectivity index (χ4v) is 1.01. The second-order valence-electron chi connectivity index (χ2n) is 2.89. The SMILES string of the molecule is CC=C(OCC[NH3+])C(OC)=C(C)C. The summed E-state index contributed by atoms with van der Waals surface area (Å²) in [4.78, 5) is 0. The van der Waals surface area contributed by atoms with Crippen molar-refractivity contribution in [3.05, 3.63) is 23.2 Å². The summed E-state index contributed by atoms with van der Waals surface area (Å²) in [6.07, 6.45) is 1.90.